The minimum atomic E-state index is -0.404. The standard InChI is InChI=1S/C21H29N3O4/c1-27-10-9-23-20(25)15-3-2-14-4-7-18(17(14)12-15)24(16-5-6-16)21(26)19-13-22-8-11-28-19/h2-3,12,16,18-19,22H,4-11,13H2,1H3,(H,23,25)/t18-,19-/m1/s1. The lowest BCUT2D eigenvalue weighted by Crippen LogP contribution is -2.50. The molecule has 152 valence electrons. The number of methoxy groups -OCH3 is 1. The maximum Gasteiger partial charge on any atom is 0.253 e. The van der Waals surface area contributed by atoms with Crippen LogP contribution in [-0.4, -0.2) is 68.8 Å². The Bertz CT molecular complexity index is 728. The second kappa shape index (κ2) is 8.59. The Morgan fingerprint density at radius 1 is 1.32 bits per heavy atom. The molecule has 0 unspecified atom stereocenters. The molecule has 1 heterocycles. The molecule has 7 heteroatoms. The summed E-state index contributed by atoms with van der Waals surface area (Å²) >= 11 is 0. The largest absolute Gasteiger partial charge is 0.383 e. The fourth-order valence-electron chi connectivity index (χ4n) is 4.21. The van der Waals surface area contributed by atoms with Crippen molar-refractivity contribution in [2.45, 2.75) is 43.9 Å². The number of benzene rings is 1. The maximum atomic E-state index is 13.2. The van der Waals surface area contributed by atoms with Crippen molar-refractivity contribution < 1.29 is 19.1 Å². The topological polar surface area (TPSA) is 79.9 Å². The van der Waals surface area contributed by atoms with Crippen LogP contribution in [-0.2, 0) is 20.7 Å². The van der Waals surface area contributed by atoms with Crippen LogP contribution in [0.25, 0.3) is 0 Å². The van der Waals surface area contributed by atoms with Crippen LogP contribution in [0, 0.1) is 0 Å². The predicted molar refractivity (Wildman–Crippen MR) is 104 cm³/mol. The number of morpholine rings is 1. The van der Waals surface area contributed by atoms with Gasteiger partial charge in [0.05, 0.1) is 19.3 Å². The number of rotatable bonds is 7. The molecule has 0 radical (unpaired) electrons. The fraction of sp³-hybridized carbons (Fsp3) is 0.619. The molecule has 2 atom stereocenters. The molecule has 28 heavy (non-hydrogen) atoms. The zero-order valence-electron chi connectivity index (χ0n) is 16.4. The van der Waals surface area contributed by atoms with Gasteiger partial charge in [-0.2, -0.15) is 0 Å². The van der Waals surface area contributed by atoms with Crippen molar-refractivity contribution in [3.63, 3.8) is 0 Å². The Kier molecular flexibility index (Phi) is 5.94. The summed E-state index contributed by atoms with van der Waals surface area (Å²) in [7, 11) is 1.61. The van der Waals surface area contributed by atoms with Crippen LogP contribution in [0.15, 0.2) is 18.2 Å². The molecule has 1 saturated carbocycles. The van der Waals surface area contributed by atoms with Crippen LogP contribution in [0.1, 0.15) is 46.8 Å². The van der Waals surface area contributed by atoms with E-state index in [4.69, 9.17) is 9.47 Å². The first-order valence-corrected chi connectivity index (χ1v) is 10.2. The minimum Gasteiger partial charge on any atom is -0.383 e. The van der Waals surface area contributed by atoms with Crippen molar-refractivity contribution in [2.75, 3.05) is 40.0 Å². The number of hydrogen-bond acceptors (Lipinski definition) is 5. The van der Waals surface area contributed by atoms with Crippen molar-refractivity contribution in [3.8, 4) is 0 Å². The van der Waals surface area contributed by atoms with Gasteiger partial charge in [0.25, 0.3) is 11.8 Å². The Hall–Kier alpha value is -1.96. The smallest absolute Gasteiger partial charge is 0.253 e. The second-order valence-electron chi connectivity index (χ2n) is 7.76. The Morgan fingerprint density at radius 3 is 2.89 bits per heavy atom. The summed E-state index contributed by atoms with van der Waals surface area (Å²) < 4.78 is 10.7. The minimum absolute atomic E-state index is 0.0345. The van der Waals surface area contributed by atoms with E-state index in [1.165, 1.54) is 5.56 Å². The van der Waals surface area contributed by atoms with Gasteiger partial charge in [-0.05, 0) is 48.9 Å². The van der Waals surface area contributed by atoms with Gasteiger partial charge in [0.2, 0.25) is 0 Å². The summed E-state index contributed by atoms with van der Waals surface area (Å²) in [4.78, 5) is 27.7. The Morgan fingerprint density at radius 2 is 2.18 bits per heavy atom. The first kappa shape index (κ1) is 19.4. The lowest BCUT2D eigenvalue weighted by Gasteiger charge is -2.34. The number of amides is 2. The highest BCUT2D eigenvalue weighted by atomic mass is 16.5. The number of nitrogens with one attached hydrogen (secondary N) is 2. The van der Waals surface area contributed by atoms with Crippen molar-refractivity contribution >= 4 is 11.8 Å². The van der Waals surface area contributed by atoms with Gasteiger partial charge in [0.15, 0.2) is 0 Å². The van der Waals surface area contributed by atoms with Gasteiger partial charge in [-0.25, -0.2) is 0 Å². The summed E-state index contributed by atoms with van der Waals surface area (Å²) in [5.41, 5.74) is 2.99. The molecule has 0 aromatic heterocycles. The number of nitrogens with zero attached hydrogens (tertiary/aromatic N) is 1. The van der Waals surface area contributed by atoms with E-state index in [0.29, 0.717) is 37.9 Å². The van der Waals surface area contributed by atoms with Gasteiger partial charge in [-0.1, -0.05) is 6.07 Å². The van der Waals surface area contributed by atoms with Gasteiger partial charge < -0.3 is 25.0 Å². The van der Waals surface area contributed by atoms with Gasteiger partial charge >= 0.3 is 0 Å². The van der Waals surface area contributed by atoms with E-state index in [9.17, 15) is 9.59 Å². The number of carbonyl (C=O) groups is 2. The van der Waals surface area contributed by atoms with Gasteiger partial charge in [0.1, 0.15) is 6.10 Å². The van der Waals surface area contributed by atoms with Gasteiger partial charge in [0, 0.05) is 38.3 Å². The molecule has 0 spiro atoms. The van der Waals surface area contributed by atoms with Crippen LogP contribution in [0.4, 0.5) is 0 Å². The molecule has 3 aliphatic rings. The van der Waals surface area contributed by atoms with E-state index >= 15 is 0 Å². The average molecular weight is 387 g/mol. The summed E-state index contributed by atoms with van der Waals surface area (Å²) in [5.74, 6) is -0.0166. The number of hydrogen-bond donors (Lipinski definition) is 2. The Balaban J connectivity index is 1.53. The van der Waals surface area contributed by atoms with Crippen LogP contribution < -0.4 is 10.6 Å². The molecule has 2 aliphatic carbocycles. The lowest BCUT2D eigenvalue weighted by atomic mass is 10.0. The van der Waals surface area contributed by atoms with E-state index in [0.717, 1.165) is 37.8 Å². The molecule has 2 fully saturated rings. The molecule has 4 rings (SSSR count). The van der Waals surface area contributed by atoms with E-state index in [2.05, 4.69) is 15.5 Å². The van der Waals surface area contributed by atoms with Gasteiger partial charge in [-0.3, -0.25) is 9.59 Å². The second-order valence-corrected chi connectivity index (χ2v) is 7.76. The highest BCUT2D eigenvalue weighted by molar-refractivity contribution is 5.94. The molecule has 1 saturated heterocycles. The molecule has 1 aromatic carbocycles. The van der Waals surface area contributed by atoms with Crippen molar-refractivity contribution in [3.05, 3.63) is 34.9 Å². The Labute approximate surface area is 165 Å². The van der Waals surface area contributed by atoms with E-state index in [-0.39, 0.29) is 17.9 Å². The van der Waals surface area contributed by atoms with Gasteiger partial charge in [-0.15, -0.1) is 0 Å². The normalized spacial score (nSPS) is 23.9. The third kappa shape index (κ3) is 4.06. The zero-order valence-corrected chi connectivity index (χ0v) is 16.4. The van der Waals surface area contributed by atoms with E-state index in [1.807, 2.05) is 18.2 Å². The quantitative estimate of drug-likeness (QED) is 0.683. The summed E-state index contributed by atoms with van der Waals surface area (Å²) in [6.07, 6.45) is 3.54. The SMILES string of the molecule is COCCNC(=O)c1ccc2c(c1)[C@H](N(C(=O)[C@H]1CNCCO1)C1CC1)CC2. The molecule has 1 aliphatic heterocycles. The average Bonchev–Trinajstić information content (AvgIpc) is 3.48. The summed E-state index contributed by atoms with van der Waals surface area (Å²) in [5, 5.41) is 6.12. The molecule has 2 N–H and O–H groups in total. The zero-order chi connectivity index (χ0) is 19.5. The third-order valence-electron chi connectivity index (χ3n) is 5.78. The molecule has 7 nitrogen and oxygen atoms in total. The van der Waals surface area contributed by atoms with Crippen LogP contribution in [0.5, 0.6) is 0 Å². The summed E-state index contributed by atoms with van der Waals surface area (Å²) in [6.45, 7) is 2.90. The molecular weight excluding hydrogens is 358 g/mol. The third-order valence-corrected chi connectivity index (χ3v) is 5.78. The molecule has 2 amide bonds. The monoisotopic (exact) mass is 387 g/mol. The van der Waals surface area contributed by atoms with Crippen molar-refractivity contribution in [2.24, 2.45) is 0 Å². The highest BCUT2D eigenvalue weighted by Crippen LogP contribution is 2.42. The molecular formula is C21H29N3O4. The van der Waals surface area contributed by atoms with Crippen molar-refractivity contribution in [1.29, 1.82) is 0 Å². The van der Waals surface area contributed by atoms with Crippen LogP contribution >= 0.6 is 0 Å². The number of carbonyl (C=O) groups excluding carboxylic acids is 2. The maximum absolute atomic E-state index is 13.2. The fourth-order valence-corrected chi connectivity index (χ4v) is 4.21. The number of aryl methyl sites for hydroxylation is 1. The number of fused-ring (bicyclic) bond motifs is 1. The van der Waals surface area contributed by atoms with Crippen LogP contribution in [0.3, 0.4) is 0 Å². The first-order chi connectivity index (χ1) is 13.7. The highest BCUT2D eigenvalue weighted by Gasteiger charge is 2.43. The van der Waals surface area contributed by atoms with Crippen LogP contribution in [0.2, 0.25) is 0 Å². The predicted octanol–water partition coefficient (Wildman–Crippen LogP) is 1.03. The van der Waals surface area contributed by atoms with E-state index < -0.39 is 6.10 Å². The lowest BCUT2D eigenvalue weighted by molar-refractivity contribution is -0.148. The van der Waals surface area contributed by atoms with Crippen molar-refractivity contribution in [1.82, 2.24) is 15.5 Å². The van der Waals surface area contributed by atoms with E-state index in [1.54, 1.807) is 7.11 Å². The first-order valence-electron chi connectivity index (χ1n) is 10.2. The summed E-state index contributed by atoms with van der Waals surface area (Å²) in [6, 6.07) is 6.22. The molecule has 0 bridgehead atoms. The molecule has 1 aromatic rings. The number of ether oxygens (including phenoxy) is 2.